The monoisotopic (exact) mass is 294 g/mol. The zero-order valence-electron chi connectivity index (χ0n) is 12.3. The van der Waals surface area contributed by atoms with Gasteiger partial charge in [-0.05, 0) is 19.9 Å². The van der Waals surface area contributed by atoms with Gasteiger partial charge in [0.1, 0.15) is 12.4 Å². The number of halogens is 1. The van der Waals surface area contributed by atoms with E-state index < -0.39 is 18.0 Å². The van der Waals surface area contributed by atoms with Gasteiger partial charge in [-0.1, -0.05) is 18.2 Å². The van der Waals surface area contributed by atoms with E-state index in [0.717, 1.165) is 0 Å². The van der Waals surface area contributed by atoms with E-state index in [-0.39, 0.29) is 30.0 Å². The van der Waals surface area contributed by atoms with Crippen molar-refractivity contribution in [2.24, 2.45) is 0 Å². The lowest BCUT2D eigenvalue weighted by Gasteiger charge is -2.38. The Balaban J connectivity index is 2.36. The molecule has 21 heavy (non-hydrogen) atoms. The van der Waals surface area contributed by atoms with Crippen LogP contribution in [0, 0.1) is 5.82 Å². The minimum atomic E-state index is -0.924. The predicted octanol–water partition coefficient (Wildman–Crippen LogP) is 1.25. The van der Waals surface area contributed by atoms with E-state index in [1.807, 2.05) is 13.8 Å². The van der Waals surface area contributed by atoms with Crippen LogP contribution in [-0.2, 0) is 14.3 Å². The highest BCUT2D eigenvalue weighted by molar-refractivity contribution is 5.86. The third kappa shape index (κ3) is 3.21. The summed E-state index contributed by atoms with van der Waals surface area (Å²) < 4.78 is 19.4. The number of morpholine rings is 1. The summed E-state index contributed by atoms with van der Waals surface area (Å²) >= 11 is 0. The maximum absolute atomic E-state index is 14.0. The number of carbonyl (C=O) groups excluding carboxylic acids is 2. The molecule has 1 aliphatic heterocycles. The number of hydrogen-bond acceptors (Lipinski definition) is 3. The van der Waals surface area contributed by atoms with E-state index in [1.165, 1.54) is 11.0 Å². The van der Waals surface area contributed by atoms with E-state index in [2.05, 4.69) is 5.32 Å². The van der Waals surface area contributed by atoms with Gasteiger partial charge in [-0.25, -0.2) is 4.39 Å². The molecule has 5 nitrogen and oxygen atoms in total. The SMILES string of the molecule is CC(C)NC(=O)[C@@H]1OCC(=O)N(C)[C@H]1c1ccccc1F. The molecule has 1 heterocycles. The first kappa shape index (κ1) is 15.4. The second-order valence-electron chi connectivity index (χ2n) is 5.37. The second-order valence-corrected chi connectivity index (χ2v) is 5.37. The molecule has 1 aromatic carbocycles. The van der Waals surface area contributed by atoms with Crippen molar-refractivity contribution in [3.8, 4) is 0 Å². The molecular weight excluding hydrogens is 275 g/mol. The molecule has 1 aromatic rings. The van der Waals surface area contributed by atoms with Gasteiger partial charge in [-0.2, -0.15) is 0 Å². The first-order valence-corrected chi connectivity index (χ1v) is 6.84. The number of rotatable bonds is 3. The molecule has 2 atom stereocenters. The van der Waals surface area contributed by atoms with Crippen molar-refractivity contribution in [1.29, 1.82) is 0 Å². The Hall–Kier alpha value is -1.95. The second kappa shape index (κ2) is 6.22. The van der Waals surface area contributed by atoms with Crippen molar-refractivity contribution in [3.63, 3.8) is 0 Å². The Bertz CT molecular complexity index is 547. The summed E-state index contributed by atoms with van der Waals surface area (Å²) in [5, 5.41) is 2.74. The fraction of sp³-hybridized carbons (Fsp3) is 0.467. The summed E-state index contributed by atoms with van der Waals surface area (Å²) in [6.45, 7) is 3.47. The maximum atomic E-state index is 14.0. The molecule has 0 saturated carbocycles. The van der Waals surface area contributed by atoms with Crippen LogP contribution in [-0.4, -0.2) is 42.5 Å². The van der Waals surface area contributed by atoms with Gasteiger partial charge in [-0.3, -0.25) is 9.59 Å². The van der Waals surface area contributed by atoms with Gasteiger partial charge in [0.05, 0.1) is 6.04 Å². The average molecular weight is 294 g/mol. The van der Waals surface area contributed by atoms with Crippen molar-refractivity contribution in [2.45, 2.75) is 32.0 Å². The Labute approximate surface area is 123 Å². The molecule has 0 aliphatic carbocycles. The molecule has 1 N–H and O–H groups in total. The van der Waals surface area contributed by atoms with Crippen molar-refractivity contribution >= 4 is 11.8 Å². The number of ether oxygens (including phenoxy) is 1. The minimum Gasteiger partial charge on any atom is -0.356 e. The number of nitrogens with one attached hydrogen (secondary N) is 1. The number of carbonyl (C=O) groups is 2. The average Bonchev–Trinajstić information content (AvgIpc) is 2.42. The van der Waals surface area contributed by atoms with Crippen molar-refractivity contribution in [1.82, 2.24) is 10.2 Å². The van der Waals surface area contributed by atoms with E-state index in [0.29, 0.717) is 0 Å². The molecule has 1 saturated heterocycles. The van der Waals surface area contributed by atoms with Gasteiger partial charge in [0, 0.05) is 18.7 Å². The van der Waals surface area contributed by atoms with Gasteiger partial charge in [0.25, 0.3) is 5.91 Å². The Morgan fingerprint density at radius 1 is 1.43 bits per heavy atom. The summed E-state index contributed by atoms with van der Waals surface area (Å²) in [5.74, 6) is -1.09. The molecule has 2 amide bonds. The van der Waals surface area contributed by atoms with E-state index in [9.17, 15) is 14.0 Å². The lowest BCUT2D eigenvalue weighted by Crippen LogP contribution is -2.54. The summed E-state index contributed by atoms with van der Waals surface area (Å²) in [7, 11) is 1.55. The number of likely N-dealkylation sites (N-methyl/N-ethyl adjacent to an activating group) is 1. The normalized spacial score (nSPS) is 22.5. The molecule has 0 radical (unpaired) electrons. The van der Waals surface area contributed by atoms with Gasteiger partial charge >= 0.3 is 0 Å². The van der Waals surface area contributed by atoms with Gasteiger partial charge in [-0.15, -0.1) is 0 Å². The molecule has 0 spiro atoms. The number of nitrogens with zero attached hydrogens (tertiary/aromatic N) is 1. The van der Waals surface area contributed by atoms with Gasteiger partial charge in [0.2, 0.25) is 5.91 Å². The van der Waals surface area contributed by atoms with Crippen LogP contribution in [0.25, 0.3) is 0 Å². The fourth-order valence-corrected chi connectivity index (χ4v) is 2.38. The van der Waals surface area contributed by atoms with Crippen LogP contribution in [0.1, 0.15) is 25.5 Å². The largest absolute Gasteiger partial charge is 0.356 e. The Morgan fingerprint density at radius 3 is 2.71 bits per heavy atom. The van der Waals surface area contributed by atoms with Crippen LogP contribution in [0.5, 0.6) is 0 Å². The topological polar surface area (TPSA) is 58.6 Å². The zero-order chi connectivity index (χ0) is 15.6. The highest BCUT2D eigenvalue weighted by Crippen LogP contribution is 2.30. The summed E-state index contributed by atoms with van der Waals surface area (Å²) in [6, 6.07) is 5.26. The molecule has 0 unspecified atom stereocenters. The molecule has 6 heteroatoms. The molecule has 1 fully saturated rings. The van der Waals surface area contributed by atoms with Crippen LogP contribution in [0.15, 0.2) is 24.3 Å². The highest BCUT2D eigenvalue weighted by Gasteiger charge is 2.41. The van der Waals surface area contributed by atoms with Crippen LogP contribution in [0.3, 0.4) is 0 Å². The standard InChI is InChI=1S/C15H19FN2O3/c1-9(2)17-15(20)14-13(18(3)12(19)8-21-14)10-6-4-5-7-11(10)16/h4-7,9,13-14H,8H2,1-3H3,(H,17,20)/t13-,14+/m0/s1. The van der Waals surface area contributed by atoms with Crippen molar-refractivity contribution in [2.75, 3.05) is 13.7 Å². The lowest BCUT2D eigenvalue weighted by molar-refractivity contribution is -0.162. The third-order valence-corrected chi connectivity index (χ3v) is 3.40. The van der Waals surface area contributed by atoms with E-state index in [4.69, 9.17) is 4.74 Å². The number of amides is 2. The first-order valence-electron chi connectivity index (χ1n) is 6.84. The van der Waals surface area contributed by atoms with E-state index >= 15 is 0 Å². The van der Waals surface area contributed by atoms with Crippen LogP contribution >= 0.6 is 0 Å². The predicted molar refractivity (Wildman–Crippen MR) is 74.9 cm³/mol. The molecule has 0 aromatic heterocycles. The maximum Gasteiger partial charge on any atom is 0.251 e. The summed E-state index contributed by atoms with van der Waals surface area (Å²) in [5.41, 5.74) is 0.275. The molecule has 1 aliphatic rings. The minimum absolute atomic E-state index is 0.0645. The molecule has 0 bridgehead atoms. The van der Waals surface area contributed by atoms with Crippen molar-refractivity contribution in [3.05, 3.63) is 35.6 Å². The lowest BCUT2D eigenvalue weighted by atomic mass is 9.97. The Kier molecular flexibility index (Phi) is 4.57. The smallest absolute Gasteiger partial charge is 0.251 e. The molecular formula is C15H19FN2O3. The third-order valence-electron chi connectivity index (χ3n) is 3.40. The fourth-order valence-electron chi connectivity index (χ4n) is 2.38. The van der Waals surface area contributed by atoms with Crippen LogP contribution in [0.4, 0.5) is 4.39 Å². The number of hydrogen-bond donors (Lipinski definition) is 1. The quantitative estimate of drug-likeness (QED) is 0.912. The van der Waals surface area contributed by atoms with Gasteiger partial charge in [0.15, 0.2) is 6.10 Å². The van der Waals surface area contributed by atoms with Crippen molar-refractivity contribution < 1.29 is 18.7 Å². The number of benzene rings is 1. The van der Waals surface area contributed by atoms with E-state index in [1.54, 1.807) is 25.2 Å². The molecule has 2 rings (SSSR count). The summed E-state index contributed by atoms with van der Waals surface area (Å²) in [4.78, 5) is 25.5. The van der Waals surface area contributed by atoms with Crippen LogP contribution in [0.2, 0.25) is 0 Å². The highest BCUT2D eigenvalue weighted by atomic mass is 19.1. The summed E-state index contributed by atoms with van der Waals surface area (Å²) in [6.07, 6.45) is -0.924. The van der Waals surface area contributed by atoms with Crippen LogP contribution < -0.4 is 5.32 Å². The van der Waals surface area contributed by atoms with Gasteiger partial charge < -0.3 is 15.0 Å². The zero-order valence-corrected chi connectivity index (χ0v) is 12.3. The molecule has 114 valence electrons. The first-order chi connectivity index (χ1) is 9.91. The Morgan fingerprint density at radius 2 is 2.10 bits per heavy atom.